The van der Waals surface area contributed by atoms with Crippen LogP contribution in [0.5, 0.6) is 0 Å². The summed E-state index contributed by atoms with van der Waals surface area (Å²) in [5, 5.41) is 19.0. The number of carbonyl (C=O) groups is 3. The van der Waals surface area contributed by atoms with E-state index in [0.29, 0.717) is 30.5 Å². The standard InChI is InChI=1S/C21H32O5/c1-12(22)14-6-7-15-13-4-5-17(19(25)26)21(3,11-9-18(23)24)16(13)8-10-20(14,15)2/h13-17H,4-11H2,1-3H3,(H,23,24)(H,25,26)/t13-,14-,15+,16+,17+,20-,21+/m0/s1. The van der Waals surface area contributed by atoms with Gasteiger partial charge in [0.15, 0.2) is 0 Å². The molecule has 0 saturated heterocycles. The molecule has 3 fully saturated rings. The van der Waals surface area contributed by atoms with Crippen molar-refractivity contribution in [1.29, 1.82) is 0 Å². The molecule has 0 heterocycles. The van der Waals surface area contributed by atoms with E-state index in [4.69, 9.17) is 0 Å². The Kier molecular flexibility index (Phi) is 4.95. The summed E-state index contributed by atoms with van der Waals surface area (Å²) in [5.74, 6) is -0.523. The van der Waals surface area contributed by atoms with Crippen molar-refractivity contribution in [2.75, 3.05) is 0 Å². The van der Waals surface area contributed by atoms with Crippen LogP contribution in [-0.2, 0) is 14.4 Å². The summed E-state index contributed by atoms with van der Waals surface area (Å²) in [6, 6.07) is 0. The van der Waals surface area contributed by atoms with Crippen molar-refractivity contribution in [3.63, 3.8) is 0 Å². The van der Waals surface area contributed by atoms with Crippen molar-refractivity contribution >= 4 is 17.7 Å². The molecule has 7 atom stereocenters. The second-order valence-electron chi connectivity index (χ2n) is 9.53. The fourth-order valence-electron chi connectivity index (χ4n) is 7.27. The molecule has 2 N–H and O–H groups in total. The molecule has 0 bridgehead atoms. The summed E-state index contributed by atoms with van der Waals surface area (Å²) < 4.78 is 0. The third kappa shape index (κ3) is 2.87. The molecule has 0 unspecified atom stereocenters. The zero-order valence-corrected chi connectivity index (χ0v) is 16.2. The van der Waals surface area contributed by atoms with E-state index < -0.39 is 23.3 Å². The van der Waals surface area contributed by atoms with Crippen molar-refractivity contribution < 1.29 is 24.6 Å². The average Bonchev–Trinajstić information content (AvgIpc) is 2.90. The first-order chi connectivity index (χ1) is 12.1. The van der Waals surface area contributed by atoms with E-state index in [1.54, 1.807) is 6.92 Å². The lowest BCUT2D eigenvalue weighted by molar-refractivity contribution is -0.162. The minimum Gasteiger partial charge on any atom is -0.481 e. The van der Waals surface area contributed by atoms with Gasteiger partial charge in [0.05, 0.1) is 5.92 Å². The van der Waals surface area contributed by atoms with Gasteiger partial charge in [0.25, 0.3) is 0 Å². The molecule has 146 valence electrons. The molecular weight excluding hydrogens is 332 g/mol. The van der Waals surface area contributed by atoms with Gasteiger partial charge in [-0.05, 0) is 80.5 Å². The molecule has 0 aliphatic heterocycles. The predicted octanol–water partition coefficient (Wildman–Crippen LogP) is 4.00. The van der Waals surface area contributed by atoms with Gasteiger partial charge in [0.1, 0.15) is 5.78 Å². The first-order valence-corrected chi connectivity index (χ1v) is 10.1. The van der Waals surface area contributed by atoms with Gasteiger partial charge in [-0.15, -0.1) is 0 Å². The molecule has 0 radical (unpaired) electrons. The van der Waals surface area contributed by atoms with Crippen LogP contribution in [0.4, 0.5) is 0 Å². The number of ketones is 1. The van der Waals surface area contributed by atoms with Crippen LogP contribution in [0.15, 0.2) is 0 Å². The van der Waals surface area contributed by atoms with E-state index >= 15 is 0 Å². The Morgan fingerprint density at radius 1 is 0.923 bits per heavy atom. The van der Waals surface area contributed by atoms with Gasteiger partial charge in [-0.25, -0.2) is 0 Å². The molecular formula is C21H32O5. The van der Waals surface area contributed by atoms with Crippen molar-refractivity contribution in [1.82, 2.24) is 0 Å². The van der Waals surface area contributed by atoms with Gasteiger partial charge in [-0.2, -0.15) is 0 Å². The summed E-state index contributed by atoms with van der Waals surface area (Å²) in [6.07, 6.45) is 5.86. The topological polar surface area (TPSA) is 91.7 Å². The van der Waals surface area contributed by atoms with Crippen LogP contribution in [0.25, 0.3) is 0 Å². The number of fused-ring (bicyclic) bond motifs is 3. The molecule has 5 heteroatoms. The smallest absolute Gasteiger partial charge is 0.307 e. The van der Waals surface area contributed by atoms with E-state index in [1.165, 1.54) is 0 Å². The van der Waals surface area contributed by atoms with Crippen molar-refractivity contribution in [2.24, 2.45) is 40.4 Å². The highest BCUT2D eigenvalue weighted by molar-refractivity contribution is 5.79. The zero-order chi connectivity index (χ0) is 19.3. The molecule has 0 amide bonds. The molecule has 3 saturated carbocycles. The maximum atomic E-state index is 12.2. The fourth-order valence-corrected chi connectivity index (χ4v) is 7.27. The van der Waals surface area contributed by atoms with Gasteiger partial charge in [-0.1, -0.05) is 13.8 Å². The lowest BCUT2D eigenvalue weighted by Crippen LogP contribution is -2.54. The van der Waals surface area contributed by atoms with E-state index in [9.17, 15) is 24.6 Å². The highest BCUT2D eigenvalue weighted by Crippen LogP contribution is 2.66. The molecule has 3 rings (SSSR count). The Morgan fingerprint density at radius 2 is 1.58 bits per heavy atom. The van der Waals surface area contributed by atoms with Crippen LogP contribution < -0.4 is 0 Å². The van der Waals surface area contributed by atoms with Crippen LogP contribution >= 0.6 is 0 Å². The lowest BCUT2D eigenvalue weighted by Gasteiger charge is -2.58. The molecule has 3 aliphatic rings. The Balaban J connectivity index is 1.91. The van der Waals surface area contributed by atoms with Crippen LogP contribution in [-0.4, -0.2) is 27.9 Å². The third-order valence-corrected chi connectivity index (χ3v) is 8.54. The summed E-state index contributed by atoms with van der Waals surface area (Å²) in [5.41, 5.74) is -0.431. The molecule has 0 aromatic rings. The van der Waals surface area contributed by atoms with Crippen molar-refractivity contribution in [3.05, 3.63) is 0 Å². The maximum absolute atomic E-state index is 12.2. The second kappa shape index (κ2) is 6.65. The van der Waals surface area contributed by atoms with E-state index in [-0.39, 0.29) is 23.7 Å². The van der Waals surface area contributed by atoms with Gasteiger partial charge in [0, 0.05) is 12.3 Å². The van der Waals surface area contributed by atoms with Crippen LogP contribution in [0.1, 0.15) is 72.1 Å². The van der Waals surface area contributed by atoms with E-state index in [1.807, 2.05) is 6.92 Å². The largest absolute Gasteiger partial charge is 0.481 e. The average molecular weight is 364 g/mol. The quantitative estimate of drug-likeness (QED) is 0.769. The van der Waals surface area contributed by atoms with E-state index in [0.717, 1.165) is 32.1 Å². The summed E-state index contributed by atoms with van der Waals surface area (Å²) in [7, 11) is 0. The first kappa shape index (κ1) is 19.4. The number of carboxylic acids is 2. The first-order valence-electron chi connectivity index (χ1n) is 10.1. The minimum atomic E-state index is -0.851. The van der Waals surface area contributed by atoms with Crippen molar-refractivity contribution in [2.45, 2.75) is 72.1 Å². The van der Waals surface area contributed by atoms with Gasteiger partial charge in [-0.3, -0.25) is 14.4 Å². The Hall–Kier alpha value is -1.39. The molecule has 0 aromatic carbocycles. The fraction of sp³-hybridized carbons (Fsp3) is 0.857. The molecule has 0 spiro atoms. The minimum absolute atomic E-state index is 0.0293. The summed E-state index contributed by atoms with van der Waals surface area (Å²) in [4.78, 5) is 35.3. The van der Waals surface area contributed by atoms with Gasteiger partial charge < -0.3 is 10.2 Å². The Labute approximate surface area is 155 Å². The molecule has 5 nitrogen and oxygen atoms in total. The van der Waals surface area contributed by atoms with Gasteiger partial charge >= 0.3 is 11.9 Å². The van der Waals surface area contributed by atoms with Crippen LogP contribution in [0.2, 0.25) is 0 Å². The van der Waals surface area contributed by atoms with Gasteiger partial charge in [0.2, 0.25) is 0 Å². The predicted molar refractivity (Wildman–Crippen MR) is 96.6 cm³/mol. The molecule has 0 aromatic heterocycles. The molecule has 3 aliphatic carbocycles. The second-order valence-corrected chi connectivity index (χ2v) is 9.53. The maximum Gasteiger partial charge on any atom is 0.307 e. The lowest BCUT2D eigenvalue weighted by atomic mass is 9.46. The number of carbonyl (C=O) groups excluding carboxylic acids is 1. The van der Waals surface area contributed by atoms with Crippen LogP contribution in [0.3, 0.4) is 0 Å². The highest BCUT2D eigenvalue weighted by Gasteiger charge is 2.61. The normalized spacial score (nSPS) is 44.8. The van der Waals surface area contributed by atoms with Crippen LogP contribution in [0, 0.1) is 40.4 Å². The number of hydrogen-bond acceptors (Lipinski definition) is 3. The number of aliphatic carboxylic acids is 2. The number of carboxylic acid groups (broad SMARTS) is 2. The highest BCUT2D eigenvalue weighted by atomic mass is 16.4. The third-order valence-electron chi connectivity index (χ3n) is 8.54. The molecule has 26 heavy (non-hydrogen) atoms. The Morgan fingerprint density at radius 3 is 2.15 bits per heavy atom. The number of hydrogen-bond donors (Lipinski definition) is 2. The number of Topliss-reactive ketones (excluding diaryl/α,β-unsaturated/α-hetero) is 1. The summed E-state index contributed by atoms with van der Waals surface area (Å²) in [6.45, 7) is 6.00. The Bertz CT molecular complexity index is 614. The number of rotatable bonds is 5. The van der Waals surface area contributed by atoms with E-state index in [2.05, 4.69) is 6.92 Å². The zero-order valence-electron chi connectivity index (χ0n) is 16.2. The summed E-state index contributed by atoms with van der Waals surface area (Å²) >= 11 is 0. The van der Waals surface area contributed by atoms with Crippen molar-refractivity contribution in [3.8, 4) is 0 Å². The SMILES string of the molecule is CC(=O)[C@@H]1CC[C@@H]2[C@@H]3CC[C@H](C(=O)O)[C@](C)(CCC(=O)O)[C@@H]3CC[C@]21C. The monoisotopic (exact) mass is 364 g/mol.